The molecule has 4 nitrogen and oxygen atoms in total. The van der Waals surface area contributed by atoms with Gasteiger partial charge in [-0.3, -0.25) is 4.84 Å². The van der Waals surface area contributed by atoms with Gasteiger partial charge in [-0.25, -0.2) is 4.79 Å². The van der Waals surface area contributed by atoms with E-state index in [4.69, 9.17) is 21.2 Å². The number of carbonyl (C=O) groups is 1. The predicted molar refractivity (Wildman–Crippen MR) is 135 cm³/mol. The summed E-state index contributed by atoms with van der Waals surface area (Å²) in [6, 6.07) is 15.8. The Hall–Kier alpha value is -2.32. The molecule has 0 aromatic heterocycles. The minimum absolute atomic E-state index is 0.129. The second kappa shape index (κ2) is 16.3. The molecule has 0 heterocycles. The van der Waals surface area contributed by atoms with Crippen LogP contribution in [-0.4, -0.2) is 24.2 Å². The van der Waals surface area contributed by atoms with Gasteiger partial charge in [0.1, 0.15) is 0 Å². The molecule has 2 rings (SSSR count). The average Bonchev–Trinajstić information content (AvgIpc) is 2.80. The zero-order valence-corrected chi connectivity index (χ0v) is 20.7. The van der Waals surface area contributed by atoms with E-state index in [-0.39, 0.29) is 12.6 Å². The molecular formula is C28H36ClNO3. The van der Waals surface area contributed by atoms with Crippen LogP contribution in [-0.2, 0) is 27.5 Å². The summed E-state index contributed by atoms with van der Waals surface area (Å²) in [4.78, 5) is 17.5. The Morgan fingerprint density at radius 1 is 0.939 bits per heavy atom. The Kier molecular flexibility index (Phi) is 13.3. The van der Waals surface area contributed by atoms with Gasteiger partial charge < -0.3 is 4.74 Å². The zero-order chi connectivity index (χ0) is 23.7. The average molecular weight is 470 g/mol. The van der Waals surface area contributed by atoms with Crippen molar-refractivity contribution in [2.24, 2.45) is 0 Å². The van der Waals surface area contributed by atoms with E-state index in [0.717, 1.165) is 23.1 Å². The van der Waals surface area contributed by atoms with E-state index in [1.54, 1.807) is 12.0 Å². The highest BCUT2D eigenvalue weighted by atomic mass is 35.5. The molecule has 0 radical (unpaired) electrons. The first-order valence-corrected chi connectivity index (χ1v) is 12.3. The summed E-state index contributed by atoms with van der Waals surface area (Å²) in [6.45, 7) is 5.25. The van der Waals surface area contributed by atoms with E-state index in [1.165, 1.54) is 38.5 Å². The quantitative estimate of drug-likeness (QED) is 0.130. The van der Waals surface area contributed by atoms with Crippen molar-refractivity contribution in [3.05, 3.63) is 70.2 Å². The van der Waals surface area contributed by atoms with Crippen molar-refractivity contribution in [1.29, 1.82) is 0 Å². The molecule has 0 spiro atoms. The lowest BCUT2D eigenvalue weighted by molar-refractivity contribution is -0.193. The van der Waals surface area contributed by atoms with Gasteiger partial charge in [0.05, 0.1) is 6.61 Å². The third-order valence-corrected chi connectivity index (χ3v) is 5.35. The van der Waals surface area contributed by atoms with Gasteiger partial charge in [0, 0.05) is 30.1 Å². The number of nitrogens with zero attached hydrogens (tertiary/aromatic N) is 1. The van der Waals surface area contributed by atoms with Crippen molar-refractivity contribution in [2.45, 2.75) is 71.9 Å². The van der Waals surface area contributed by atoms with Crippen LogP contribution in [0.3, 0.4) is 0 Å². The van der Waals surface area contributed by atoms with Gasteiger partial charge in [0.15, 0.2) is 6.61 Å². The zero-order valence-electron chi connectivity index (χ0n) is 19.9. The number of ether oxygens (including phenoxy) is 1. The highest BCUT2D eigenvalue weighted by molar-refractivity contribution is 6.30. The molecule has 0 atom stereocenters. The van der Waals surface area contributed by atoms with Gasteiger partial charge in [0.2, 0.25) is 0 Å². The lowest BCUT2D eigenvalue weighted by Gasteiger charge is -2.22. The third-order valence-electron chi connectivity index (χ3n) is 5.12. The van der Waals surface area contributed by atoms with Crippen molar-refractivity contribution in [2.75, 3.05) is 13.2 Å². The van der Waals surface area contributed by atoms with E-state index in [1.807, 2.05) is 48.5 Å². The summed E-state index contributed by atoms with van der Waals surface area (Å²) < 4.78 is 4.98. The summed E-state index contributed by atoms with van der Waals surface area (Å²) in [6.07, 6.45) is 8.65. The Morgan fingerprint density at radius 3 is 2.39 bits per heavy atom. The van der Waals surface area contributed by atoms with Crippen molar-refractivity contribution in [3.8, 4) is 11.8 Å². The molecule has 0 saturated heterocycles. The van der Waals surface area contributed by atoms with Crippen LogP contribution in [0.4, 0.5) is 0 Å². The summed E-state index contributed by atoms with van der Waals surface area (Å²) in [5.41, 5.74) is 3.09. The van der Waals surface area contributed by atoms with Gasteiger partial charge in [-0.05, 0) is 48.7 Å². The number of carbonyl (C=O) groups excluding carboxylic acids is 1. The molecule has 0 aliphatic rings. The Morgan fingerprint density at radius 2 is 1.67 bits per heavy atom. The van der Waals surface area contributed by atoms with Crippen LogP contribution in [0.1, 0.15) is 75.5 Å². The van der Waals surface area contributed by atoms with Gasteiger partial charge in [-0.15, -0.1) is 0 Å². The summed E-state index contributed by atoms with van der Waals surface area (Å²) in [7, 11) is 0. The first-order valence-electron chi connectivity index (χ1n) is 12.0. The highest BCUT2D eigenvalue weighted by Crippen LogP contribution is 2.15. The number of hydrogen-bond donors (Lipinski definition) is 0. The van der Waals surface area contributed by atoms with E-state index in [2.05, 4.69) is 18.8 Å². The van der Waals surface area contributed by atoms with Crippen LogP contribution >= 0.6 is 11.6 Å². The molecule has 0 aliphatic carbocycles. The van der Waals surface area contributed by atoms with Crippen LogP contribution in [0.2, 0.25) is 5.02 Å². The molecule has 0 unspecified atom stereocenters. The SMILES string of the molecule is CCCCCCCCC#Cc1ccc(CN(Cc2cccc(Cl)c2)OCC(=O)OCC)cc1. The lowest BCUT2D eigenvalue weighted by atomic mass is 10.1. The fraction of sp³-hybridized carbons (Fsp3) is 0.464. The molecule has 0 amide bonds. The van der Waals surface area contributed by atoms with Crippen molar-refractivity contribution in [1.82, 2.24) is 5.06 Å². The predicted octanol–water partition coefficient (Wildman–Crippen LogP) is 6.94. The molecule has 0 bridgehead atoms. The van der Waals surface area contributed by atoms with Crippen molar-refractivity contribution in [3.63, 3.8) is 0 Å². The maximum absolute atomic E-state index is 11.8. The van der Waals surface area contributed by atoms with Crippen LogP contribution < -0.4 is 0 Å². The maximum atomic E-state index is 11.8. The van der Waals surface area contributed by atoms with E-state index >= 15 is 0 Å². The number of esters is 1. The molecule has 0 fully saturated rings. The number of benzene rings is 2. The smallest absolute Gasteiger partial charge is 0.334 e. The van der Waals surface area contributed by atoms with Crippen molar-refractivity contribution < 1.29 is 14.4 Å². The minimum atomic E-state index is -0.385. The topological polar surface area (TPSA) is 38.8 Å². The molecule has 5 heteroatoms. The molecular weight excluding hydrogens is 434 g/mol. The number of hydrogen-bond acceptors (Lipinski definition) is 4. The number of rotatable bonds is 14. The van der Waals surface area contributed by atoms with E-state index in [0.29, 0.717) is 24.7 Å². The molecule has 33 heavy (non-hydrogen) atoms. The molecule has 0 saturated carbocycles. The fourth-order valence-electron chi connectivity index (χ4n) is 3.39. The van der Waals surface area contributed by atoms with Crippen LogP contribution in [0.25, 0.3) is 0 Å². The monoisotopic (exact) mass is 469 g/mol. The van der Waals surface area contributed by atoms with Crippen LogP contribution in [0.5, 0.6) is 0 Å². The normalized spacial score (nSPS) is 10.7. The molecule has 178 valence electrons. The number of hydroxylamine groups is 2. The number of halogens is 1. The summed E-state index contributed by atoms with van der Waals surface area (Å²) in [5, 5.41) is 2.42. The standard InChI is InChI=1S/C28H36ClNO3/c1-3-5-6-7-8-9-10-11-13-24-16-18-25(19-17-24)21-30(33-23-28(31)32-4-2)22-26-14-12-15-27(29)20-26/h12,14-20H,3-10,21-23H2,1-2H3. The summed E-state index contributed by atoms with van der Waals surface area (Å²) in [5.74, 6) is 6.16. The first-order chi connectivity index (χ1) is 16.1. The van der Waals surface area contributed by atoms with Crippen molar-refractivity contribution >= 4 is 17.6 Å². The van der Waals surface area contributed by atoms with E-state index < -0.39 is 0 Å². The van der Waals surface area contributed by atoms with Crippen LogP contribution in [0, 0.1) is 11.8 Å². The Bertz CT molecular complexity index is 886. The Labute approximate surface area is 204 Å². The van der Waals surface area contributed by atoms with Gasteiger partial charge >= 0.3 is 5.97 Å². The lowest BCUT2D eigenvalue weighted by Crippen LogP contribution is -2.27. The fourth-order valence-corrected chi connectivity index (χ4v) is 3.60. The maximum Gasteiger partial charge on any atom is 0.334 e. The van der Waals surface area contributed by atoms with Crippen LogP contribution in [0.15, 0.2) is 48.5 Å². The van der Waals surface area contributed by atoms with Gasteiger partial charge in [0.25, 0.3) is 0 Å². The molecule has 0 N–H and O–H groups in total. The number of unbranched alkanes of at least 4 members (excludes halogenated alkanes) is 6. The van der Waals surface area contributed by atoms with E-state index in [9.17, 15) is 4.79 Å². The second-order valence-electron chi connectivity index (χ2n) is 8.02. The van der Waals surface area contributed by atoms with Gasteiger partial charge in [-0.1, -0.05) is 86.7 Å². The second-order valence-corrected chi connectivity index (χ2v) is 8.46. The summed E-state index contributed by atoms with van der Waals surface area (Å²) >= 11 is 6.12. The largest absolute Gasteiger partial charge is 0.464 e. The highest BCUT2D eigenvalue weighted by Gasteiger charge is 2.12. The minimum Gasteiger partial charge on any atom is -0.464 e. The third kappa shape index (κ3) is 11.9. The first kappa shape index (κ1) is 26.9. The van der Waals surface area contributed by atoms with Gasteiger partial charge in [-0.2, -0.15) is 5.06 Å². The molecule has 2 aromatic carbocycles. The molecule has 0 aliphatic heterocycles. The Balaban J connectivity index is 1.89. The molecule has 2 aromatic rings.